The maximum absolute atomic E-state index is 13.7. The van der Waals surface area contributed by atoms with E-state index in [9.17, 15) is 45.5 Å². The quantitative estimate of drug-likeness (QED) is 0.0580. The van der Waals surface area contributed by atoms with Gasteiger partial charge in [0.1, 0.15) is 17.3 Å². The van der Waals surface area contributed by atoms with Crippen LogP contribution in [-0.2, 0) is 39.8 Å². The smallest absolute Gasteiger partial charge is 0.263 e. The molecule has 9 unspecified atom stereocenters. The number of aromatic nitrogens is 16. The van der Waals surface area contributed by atoms with Gasteiger partial charge in [-0.15, -0.1) is 0 Å². The van der Waals surface area contributed by atoms with Crippen LogP contribution in [0.15, 0.2) is 123 Å². The van der Waals surface area contributed by atoms with Crippen molar-refractivity contribution in [3.05, 3.63) is 146 Å². The maximum Gasteiger partial charge on any atom is 0.263 e. The van der Waals surface area contributed by atoms with Crippen LogP contribution in [0.1, 0.15) is 159 Å². The molecule has 8 aromatic heterocycles. The van der Waals surface area contributed by atoms with Crippen molar-refractivity contribution in [3.8, 4) is 6.07 Å². The summed E-state index contributed by atoms with van der Waals surface area (Å²) in [5.74, 6) is -10.0. The van der Waals surface area contributed by atoms with Gasteiger partial charge in [0, 0.05) is 120 Å². The van der Waals surface area contributed by atoms with Gasteiger partial charge in [-0.25, -0.2) is 66.2 Å². The predicted molar refractivity (Wildman–Crippen MR) is 414 cm³/mol. The van der Waals surface area contributed by atoms with Crippen molar-refractivity contribution in [2.75, 3.05) is 21.3 Å². The van der Waals surface area contributed by atoms with Crippen molar-refractivity contribution in [1.29, 1.82) is 5.26 Å². The summed E-state index contributed by atoms with van der Waals surface area (Å²) >= 11 is 0. The Labute approximate surface area is 664 Å². The van der Waals surface area contributed by atoms with Crippen LogP contribution in [-0.4, -0.2) is 188 Å². The van der Waals surface area contributed by atoms with E-state index in [1.807, 2.05) is 103 Å². The van der Waals surface area contributed by atoms with Crippen LogP contribution in [0.5, 0.6) is 0 Å². The molecule has 29 nitrogen and oxygen atoms in total. The van der Waals surface area contributed by atoms with E-state index in [0.29, 0.717) is 43.1 Å². The minimum atomic E-state index is -2.88. The van der Waals surface area contributed by atoms with Gasteiger partial charge in [-0.2, -0.15) is 25.7 Å². The number of halogens is 6. The number of nitrogens with one attached hydrogen (secondary N) is 4. The number of amides is 4. The van der Waals surface area contributed by atoms with Crippen LogP contribution >= 0.6 is 0 Å². The number of anilines is 8. The number of hydrogen-bond donors (Lipinski definition) is 4. The van der Waals surface area contributed by atoms with Gasteiger partial charge in [0.25, 0.3) is 17.8 Å². The van der Waals surface area contributed by atoms with Gasteiger partial charge in [0.05, 0.1) is 112 Å². The summed E-state index contributed by atoms with van der Waals surface area (Å²) in [4.78, 5) is 93.5. The standard InChI is InChI=1S/C21H24F2N6O.2C20H22F2N6O.C20H21N7O/c1-12(2)28-11-14(10-25-28)26-20-24-6-5-18(27-20)13-7-15-3-4-16(8-13)29(15)19(30)17-9-21(17,22)23;1-19(11-20(19,21)22)17(29)28-14-3-4-15(28)8-12(7-14)16-5-6-23-18(26-16)25-13-9-24-27(2)10-13;1-2-27-11-13(10-24-27)25-19-23-6-5-17(26-19)12-7-14-3-4-15(8-12)28(14)18(29)16-9-20(16,21)22;1-26-11-14(10-23-26)24-20-22-5-4-18(25-20)12-6-15-2-3-16(7-12)27(15)19(28)17-8-13(17)9-21/h5-7,10-12,15-17H,3-4,8-9H2,1-2H3,(H,24,26,27);5-7,9-10,14-15H,3-4,8,11H2,1-2H3,(H,23,25,26);5-7,10-11,14-16H,2-4,8-9H2,1H3,(H,23,25,26);4-6,10-11,13,15-17H,2-3,7-8H2,1H3,(H,22,24,25)/t15?,16?,17-;;14?,15?,16-;13-,15?,16?,17+/m0.00/s1. The van der Waals surface area contributed by atoms with Crippen LogP contribution < -0.4 is 21.3 Å². The van der Waals surface area contributed by atoms with Crippen molar-refractivity contribution in [3.63, 3.8) is 0 Å². The topological polar surface area (TPSA) is 328 Å². The Morgan fingerprint density at radius 3 is 1.15 bits per heavy atom. The molecule has 604 valence electrons. The summed E-state index contributed by atoms with van der Waals surface area (Å²) in [7, 11) is 3.69. The third-order valence-electron chi connectivity index (χ3n) is 24.3. The molecule has 8 fully saturated rings. The van der Waals surface area contributed by atoms with E-state index in [2.05, 4.69) is 108 Å². The number of nitriles is 1. The Bertz CT molecular complexity index is 5310. The first-order chi connectivity index (χ1) is 55.6. The number of nitrogens with zero attached hydrogens (tertiary/aromatic N) is 21. The van der Waals surface area contributed by atoms with Gasteiger partial charge in [0.2, 0.25) is 47.4 Å². The van der Waals surface area contributed by atoms with Gasteiger partial charge < -0.3 is 40.9 Å². The molecule has 4 N–H and O–H groups in total. The Kier molecular flexibility index (Phi) is 20.0. The normalized spacial score (nSPS) is 27.7. The van der Waals surface area contributed by atoms with E-state index < -0.39 is 52.7 Å². The molecule has 8 bridgehead atoms. The average Bonchev–Trinajstić information content (AvgIpc) is 1.54. The van der Waals surface area contributed by atoms with Crippen LogP contribution in [0.3, 0.4) is 0 Å². The molecule has 13 atom stereocenters. The molecular formula is C81H89F6N25O4. The number of carbonyl (C=O) groups excluding carboxylic acids is 4. The van der Waals surface area contributed by atoms with Crippen LogP contribution in [0.2, 0.25) is 0 Å². The molecule has 16 heterocycles. The first-order valence-electron chi connectivity index (χ1n) is 39.8. The van der Waals surface area contributed by atoms with Crippen molar-refractivity contribution in [1.82, 2.24) is 98.6 Å². The number of aryl methyl sites for hydroxylation is 3. The lowest BCUT2D eigenvalue weighted by Gasteiger charge is -2.36. The highest BCUT2D eigenvalue weighted by molar-refractivity contribution is 5.90. The zero-order valence-corrected chi connectivity index (χ0v) is 64.9. The molecule has 0 aromatic carbocycles. The number of fused-ring (bicyclic) bond motifs is 8. The number of hydrogen-bond acceptors (Lipinski definition) is 21. The summed E-state index contributed by atoms with van der Waals surface area (Å²) in [6.45, 7) is 8.28. The Morgan fingerprint density at radius 2 is 0.845 bits per heavy atom. The highest BCUT2D eigenvalue weighted by Crippen LogP contribution is 2.62. The van der Waals surface area contributed by atoms with E-state index in [1.165, 1.54) is 12.5 Å². The molecule has 20 rings (SSSR count). The van der Waals surface area contributed by atoms with Crippen LogP contribution in [0.4, 0.5) is 72.9 Å². The number of rotatable bonds is 18. The molecule has 0 spiro atoms. The van der Waals surface area contributed by atoms with Crippen molar-refractivity contribution in [2.45, 2.75) is 209 Å². The molecule has 4 aliphatic carbocycles. The third kappa shape index (κ3) is 15.6. The minimum absolute atomic E-state index is 0.0296. The Balaban J connectivity index is 0.000000111. The second-order valence-corrected chi connectivity index (χ2v) is 32.8. The van der Waals surface area contributed by atoms with Gasteiger partial charge in [0.15, 0.2) is 0 Å². The molecule has 12 aliphatic rings. The summed E-state index contributed by atoms with van der Waals surface area (Å²) in [5.41, 5.74) is 9.27. The second kappa shape index (κ2) is 30.2. The SMILES string of the molecule is CC(C)n1cc(Nc2nccc(C3=CC4CCC(C3)N4C(=O)[C@@H]3CC3(F)F)n2)cn1.CCn1cc(Nc2nccc(C3=CC4CCC(C3)N4C(=O)[C@@H]3CC3(F)F)n2)cn1.Cn1cc(Nc2nccc(C3=CC4CCC(C3)N4C(=O)C3(C)CC3(F)F)n2)cn1.Cn1cc(Nc2nccc(C3=CC4CCC(C3)N4C(=O)[C@@H]3C[C@H]3C#N)n2)cn1. The highest BCUT2D eigenvalue weighted by atomic mass is 19.3. The zero-order chi connectivity index (χ0) is 80.9. The lowest BCUT2D eigenvalue weighted by molar-refractivity contribution is -0.142. The Hall–Kier alpha value is -11.7. The largest absolute Gasteiger partial charge is 0.333 e. The monoisotopic (exact) mass is 1590 g/mol. The molecule has 0 radical (unpaired) electrons. The van der Waals surface area contributed by atoms with E-state index in [0.717, 1.165) is 133 Å². The first kappa shape index (κ1) is 76.9. The maximum atomic E-state index is 13.7. The second-order valence-electron chi connectivity index (χ2n) is 32.8. The average molecular weight is 1590 g/mol. The molecule has 8 aromatic rings. The first-order valence-corrected chi connectivity index (χ1v) is 39.8. The fraction of sp³-hybridized carbons (Fsp3) is 0.494. The van der Waals surface area contributed by atoms with Gasteiger partial charge >= 0.3 is 0 Å². The van der Waals surface area contributed by atoms with Crippen molar-refractivity contribution in [2.24, 2.45) is 43.2 Å². The number of carbonyl (C=O) groups is 4. The van der Waals surface area contributed by atoms with Gasteiger partial charge in [-0.05, 0) is 158 Å². The van der Waals surface area contributed by atoms with E-state index >= 15 is 0 Å². The lowest BCUT2D eigenvalue weighted by atomic mass is 9.96. The zero-order valence-electron chi connectivity index (χ0n) is 64.9. The highest BCUT2D eigenvalue weighted by Gasteiger charge is 2.74. The van der Waals surface area contributed by atoms with E-state index in [-0.39, 0.29) is 91.4 Å². The van der Waals surface area contributed by atoms with Gasteiger partial charge in [-0.1, -0.05) is 24.3 Å². The Morgan fingerprint density at radius 1 is 0.500 bits per heavy atom. The molecular weight excluding hydrogens is 1500 g/mol. The minimum Gasteiger partial charge on any atom is -0.333 e. The summed E-state index contributed by atoms with van der Waals surface area (Å²) in [6.07, 6.45) is 38.7. The van der Waals surface area contributed by atoms with Crippen LogP contribution in [0.25, 0.3) is 22.3 Å². The summed E-state index contributed by atoms with van der Waals surface area (Å²) in [5, 5.41) is 38.4. The molecule has 8 aliphatic heterocycles. The molecule has 4 saturated heterocycles. The third-order valence-corrected chi connectivity index (χ3v) is 24.3. The molecule has 4 saturated carbocycles. The lowest BCUT2D eigenvalue weighted by Crippen LogP contribution is -2.47. The summed E-state index contributed by atoms with van der Waals surface area (Å²) in [6, 6.07) is 9.76. The number of alkyl halides is 6. The fourth-order valence-electron chi connectivity index (χ4n) is 17.6. The molecule has 116 heavy (non-hydrogen) atoms. The fourth-order valence-corrected chi connectivity index (χ4v) is 17.6. The van der Waals surface area contributed by atoms with Gasteiger partial charge in [-0.3, -0.25) is 37.9 Å². The van der Waals surface area contributed by atoms with Crippen molar-refractivity contribution < 1.29 is 45.5 Å². The van der Waals surface area contributed by atoms with E-state index in [4.69, 9.17) is 5.26 Å². The van der Waals surface area contributed by atoms with E-state index in [1.54, 1.807) is 73.6 Å². The summed E-state index contributed by atoms with van der Waals surface area (Å²) < 4.78 is 88.1. The van der Waals surface area contributed by atoms with Crippen molar-refractivity contribution >= 4 is 92.5 Å². The predicted octanol–water partition coefficient (Wildman–Crippen LogP) is 12.4. The van der Waals surface area contributed by atoms with Crippen LogP contribution in [0, 0.1) is 40.4 Å². The molecule has 35 heteroatoms. The molecule has 4 amide bonds.